The Kier molecular flexibility index (Phi) is 19.5. The van der Waals surface area contributed by atoms with Gasteiger partial charge in [-0.05, 0) is 100 Å². The summed E-state index contributed by atoms with van der Waals surface area (Å²) in [5.41, 5.74) is -1.13. The molecule has 3 N–H and O–H groups in total. The van der Waals surface area contributed by atoms with Crippen molar-refractivity contribution in [3.63, 3.8) is 0 Å². The van der Waals surface area contributed by atoms with Gasteiger partial charge in [-0.25, -0.2) is 17.7 Å². The van der Waals surface area contributed by atoms with Crippen LogP contribution in [0.25, 0.3) is 22.0 Å². The van der Waals surface area contributed by atoms with Gasteiger partial charge in [0.05, 0.1) is 34.3 Å². The number of aromatic nitrogens is 5. The third-order valence-corrected chi connectivity index (χ3v) is 14.7. The number of anilines is 1. The van der Waals surface area contributed by atoms with Crippen molar-refractivity contribution in [2.24, 2.45) is 0 Å². The van der Waals surface area contributed by atoms with Crippen molar-refractivity contribution in [1.29, 1.82) is 0 Å². The first kappa shape index (κ1) is 61.5. The monoisotopic (exact) mass is 1160 g/mol. The lowest BCUT2D eigenvalue weighted by molar-refractivity contribution is -0.142. The van der Waals surface area contributed by atoms with Crippen LogP contribution in [0, 0.1) is 18.6 Å². The predicted molar refractivity (Wildman–Crippen MR) is 268 cm³/mol. The van der Waals surface area contributed by atoms with Gasteiger partial charge in [-0.2, -0.15) is 45.3 Å². The molecule has 0 spiro atoms. The molecule has 1 aliphatic carbocycles. The molecule has 0 aliphatic heterocycles. The van der Waals surface area contributed by atoms with E-state index in [1.807, 2.05) is 20.8 Å². The number of pyridine rings is 1. The zero-order valence-corrected chi connectivity index (χ0v) is 44.9. The number of rotatable bonds is 14. The SMILES string of the molecule is CCn1nc(C(F)(F)F)c2c1C(F)(F)C[C@@H]2C.CS(=O)C(C)(C)C.CSN(C(=O)c1ccccc1COP(=O)(O)O)c1nn(CC(F)(F)F)c2c(-c3ccc(C)nc3C(Cc3cc(F)cc(F)c3)NC=O)ccc(Cl)c12. The van der Waals surface area contributed by atoms with Crippen molar-refractivity contribution in [3.05, 3.63) is 128 Å². The minimum absolute atomic E-state index is 0.000718. The predicted octanol–water partition coefficient (Wildman–Crippen LogP) is 12.1. The standard InChI is InChI=1S/C33H28ClF5N5O6PS.C10H11F5N2.C5H12OS/c1-18-7-8-24(29(41-18)27(40-17-45)13-19-11-21(35)14-22(36)12-19)25-9-10-26(34)28-30(25)43(16-33(37,38)39)42-31(28)44(52-2)32(46)23-6-4-3-5-20(23)15-50-51(47,48)49;1-3-17-8-6(5(2)4-9(8,11)12)7(16-17)10(13,14)15;1-5(2,3)7(4)6/h3-12,14,17,27H,13,15-16H2,1-2H3,(H,40,45)(H2,47,48,49);5H,3-4H2,1-2H3;1-4H3/t;5-;/m.0./s1. The number of fused-ring (bicyclic) bond motifs is 2. The van der Waals surface area contributed by atoms with Crippen LogP contribution in [0.1, 0.15) is 103 Å². The highest BCUT2D eigenvalue weighted by Gasteiger charge is 2.53. The molecule has 14 nitrogen and oxygen atoms in total. The van der Waals surface area contributed by atoms with Crippen molar-refractivity contribution in [1.82, 2.24) is 29.9 Å². The largest absolute Gasteiger partial charge is 0.469 e. The Morgan fingerprint density at radius 3 is 2.16 bits per heavy atom. The number of nitrogens with zero attached hydrogens (tertiary/aromatic N) is 6. The van der Waals surface area contributed by atoms with Gasteiger partial charge in [0.2, 0.25) is 6.41 Å². The second kappa shape index (κ2) is 24.1. The van der Waals surface area contributed by atoms with Crippen LogP contribution in [0.3, 0.4) is 0 Å². The molecule has 2 amide bonds. The van der Waals surface area contributed by atoms with Gasteiger partial charge in [-0.1, -0.05) is 48.9 Å². The Hall–Kier alpha value is -5.37. The maximum Gasteiger partial charge on any atom is 0.469 e. The molecule has 0 radical (unpaired) electrons. The molecule has 1 aliphatic rings. The van der Waals surface area contributed by atoms with E-state index in [9.17, 15) is 72.1 Å². The number of carbonyl (C=O) groups is 2. The lowest BCUT2D eigenvalue weighted by Gasteiger charge is -2.21. The van der Waals surface area contributed by atoms with Crippen LogP contribution in [-0.4, -0.2) is 74.3 Å². The van der Waals surface area contributed by atoms with Crippen LogP contribution in [0.4, 0.5) is 49.7 Å². The van der Waals surface area contributed by atoms with Crippen LogP contribution in [0.5, 0.6) is 0 Å². The second-order valence-corrected chi connectivity index (χ2v) is 22.6. The van der Waals surface area contributed by atoms with E-state index >= 15 is 0 Å². The molecule has 0 saturated heterocycles. The lowest BCUT2D eigenvalue weighted by Crippen LogP contribution is -2.26. The third-order valence-electron chi connectivity index (χ3n) is 11.5. The highest BCUT2D eigenvalue weighted by atomic mass is 35.5. The molecule has 0 fully saturated rings. The van der Waals surface area contributed by atoms with Gasteiger partial charge in [0.25, 0.3) is 11.8 Å². The molecule has 28 heteroatoms. The summed E-state index contributed by atoms with van der Waals surface area (Å²) in [6.45, 7) is 8.11. The number of aryl methyl sites for hydroxylation is 2. The van der Waals surface area contributed by atoms with E-state index in [1.54, 1.807) is 25.3 Å². The molecule has 414 valence electrons. The third kappa shape index (κ3) is 15.0. The highest BCUT2D eigenvalue weighted by Crippen LogP contribution is 2.52. The Labute approximate surface area is 441 Å². The summed E-state index contributed by atoms with van der Waals surface area (Å²) in [5.74, 6) is -6.85. The number of phosphoric acid groups is 1. The van der Waals surface area contributed by atoms with Crippen LogP contribution >= 0.6 is 31.4 Å². The van der Waals surface area contributed by atoms with Crippen LogP contribution < -0.4 is 9.62 Å². The molecule has 6 aromatic rings. The van der Waals surface area contributed by atoms with E-state index in [0.717, 1.165) is 33.1 Å². The molecule has 7 rings (SSSR count). The smallest absolute Gasteiger partial charge is 0.350 e. The van der Waals surface area contributed by atoms with E-state index in [2.05, 4.69) is 25.0 Å². The minimum atomic E-state index is -4.94. The van der Waals surface area contributed by atoms with E-state index in [4.69, 9.17) is 11.6 Å². The Balaban J connectivity index is 0.000000363. The molecular formula is C48H51ClF10N7O7PS2. The van der Waals surface area contributed by atoms with Crippen molar-refractivity contribution >= 4 is 71.2 Å². The van der Waals surface area contributed by atoms with Gasteiger partial charge in [-0.15, -0.1) is 0 Å². The number of hydrogen-bond donors (Lipinski definition) is 3. The van der Waals surface area contributed by atoms with E-state index in [1.165, 1.54) is 56.5 Å². The maximum absolute atomic E-state index is 14.1. The number of phosphoric ester groups is 1. The molecule has 2 unspecified atom stereocenters. The van der Waals surface area contributed by atoms with Crippen molar-refractivity contribution in [2.45, 2.75) is 109 Å². The second-order valence-electron chi connectivity index (χ2n) is 18.1. The van der Waals surface area contributed by atoms with Gasteiger partial charge in [0.15, 0.2) is 11.5 Å². The first-order valence-corrected chi connectivity index (χ1v) is 27.2. The fourth-order valence-corrected chi connectivity index (χ4v) is 9.10. The quantitative estimate of drug-likeness (QED) is 0.0408. The van der Waals surface area contributed by atoms with Crippen LogP contribution in [-0.2, 0) is 62.9 Å². The number of benzene rings is 3. The fraction of sp³-hybridized carbons (Fsp3) is 0.396. The number of amides is 2. The molecular weight excluding hydrogens is 1110 g/mol. The topological polar surface area (TPSA) is 182 Å². The Morgan fingerprint density at radius 2 is 1.62 bits per heavy atom. The molecule has 3 heterocycles. The fourth-order valence-electron chi connectivity index (χ4n) is 7.99. The summed E-state index contributed by atoms with van der Waals surface area (Å²) in [4.78, 5) is 48.8. The molecule has 0 saturated carbocycles. The first-order chi connectivity index (χ1) is 35.1. The molecule has 3 aromatic carbocycles. The summed E-state index contributed by atoms with van der Waals surface area (Å²) < 4.78 is 165. The molecule has 0 bridgehead atoms. The van der Waals surface area contributed by atoms with Gasteiger partial charge in [-0.3, -0.25) is 32.7 Å². The average Bonchev–Trinajstić information content (AvgIpc) is 3.95. The van der Waals surface area contributed by atoms with Crippen LogP contribution in [0.2, 0.25) is 5.02 Å². The number of carbonyl (C=O) groups excluding carboxylic acids is 2. The zero-order chi connectivity index (χ0) is 57.0. The van der Waals surface area contributed by atoms with Gasteiger partial charge in [0.1, 0.15) is 23.9 Å². The normalized spacial score (nSPS) is 15.2. The zero-order valence-electron chi connectivity index (χ0n) is 41.7. The summed E-state index contributed by atoms with van der Waals surface area (Å²) in [6, 6.07) is 13.5. The number of hydrogen-bond acceptors (Lipinski definition) is 9. The van der Waals surface area contributed by atoms with Gasteiger partial charge in [0, 0.05) is 75.0 Å². The molecule has 3 aromatic heterocycles. The summed E-state index contributed by atoms with van der Waals surface area (Å²) in [5, 5.41) is 9.97. The Bertz CT molecular complexity index is 3140. The number of alkyl halides is 8. The number of halogens is 11. The summed E-state index contributed by atoms with van der Waals surface area (Å²) in [6.07, 6.45) is -6.68. The van der Waals surface area contributed by atoms with E-state index < -0.39 is 97.4 Å². The Morgan fingerprint density at radius 1 is 1.01 bits per heavy atom. The summed E-state index contributed by atoms with van der Waals surface area (Å²) >= 11 is 7.46. The van der Waals surface area contributed by atoms with E-state index in [0.29, 0.717) is 22.9 Å². The van der Waals surface area contributed by atoms with Crippen molar-refractivity contribution in [2.75, 3.05) is 16.8 Å². The highest BCUT2D eigenvalue weighted by molar-refractivity contribution is 8.00. The first-order valence-electron chi connectivity index (χ1n) is 22.6. The molecule has 3 atom stereocenters. The average molecular weight is 1160 g/mol. The molecule has 76 heavy (non-hydrogen) atoms. The lowest BCUT2D eigenvalue weighted by atomic mass is 9.94. The minimum Gasteiger partial charge on any atom is -0.350 e. The maximum atomic E-state index is 14.1. The van der Waals surface area contributed by atoms with E-state index in [-0.39, 0.29) is 78.5 Å². The van der Waals surface area contributed by atoms with Gasteiger partial charge < -0.3 is 15.1 Å². The van der Waals surface area contributed by atoms with Crippen molar-refractivity contribution < 1.29 is 76.6 Å². The van der Waals surface area contributed by atoms with Crippen molar-refractivity contribution in [3.8, 4) is 11.1 Å². The van der Waals surface area contributed by atoms with Crippen LogP contribution in [0.15, 0.2) is 66.7 Å². The number of nitrogens with one attached hydrogen (secondary N) is 1. The van der Waals surface area contributed by atoms with Gasteiger partial charge >= 0.3 is 20.2 Å². The summed E-state index contributed by atoms with van der Waals surface area (Å²) in [7, 11) is -5.62.